The molecule has 1 aromatic heterocycles. The zero-order chi connectivity index (χ0) is 14.4. The first-order valence-electron chi connectivity index (χ1n) is 6.59. The van der Waals surface area contributed by atoms with E-state index in [2.05, 4.69) is 4.98 Å². The lowest BCUT2D eigenvalue weighted by Crippen LogP contribution is -1.95. The van der Waals surface area contributed by atoms with E-state index >= 15 is 0 Å². The highest BCUT2D eigenvalue weighted by Crippen LogP contribution is 2.21. The second kappa shape index (κ2) is 7.03. The van der Waals surface area contributed by atoms with Crippen molar-refractivity contribution in [3.63, 3.8) is 0 Å². The van der Waals surface area contributed by atoms with Gasteiger partial charge in [-0.25, -0.2) is 4.98 Å². The zero-order valence-corrected chi connectivity index (χ0v) is 11.7. The van der Waals surface area contributed by atoms with Gasteiger partial charge in [-0.1, -0.05) is 12.1 Å². The van der Waals surface area contributed by atoms with Gasteiger partial charge in [0.25, 0.3) is 0 Å². The van der Waals surface area contributed by atoms with Crippen molar-refractivity contribution in [2.45, 2.75) is 19.4 Å². The molecule has 0 spiro atoms. The van der Waals surface area contributed by atoms with E-state index in [1.807, 2.05) is 24.3 Å². The summed E-state index contributed by atoms with van der Waals surface area (Å²) in [5.41, 5.74) is 1.98. The van der Waals surface area contributed by atoms with Gasteiger partial charge < -0.3 is 14.6 Å². The molecule has 0 aliphatic heterocycles. The molecule has 0 saturated carbocycles. The Morgan fingerprint density at radius 3 is 2.45 bits per heavy atom. The molecule has 106 valence electrons. The number of aliphatic hydroxyl groups is 1. The highest BCUT2D eigenvalue weighted by Gasteiger charge is 2.03. The zero-order valence-electron chi connectivity index (χ0n) is 11.7. The summed E-state index contributed by atoms with van der Waals surface area (Å²) in [6.45, 7) is 2.42. The highest BCUT2D eigenvalue weighted by atomic mass is 16.5. The number of nitrogens with zero attached hydrogens (tertiary/aromatic N) is 1. The molecule has 0 fully saturated rings. The summed E-state index contributed by atoms with van der Waals surface area (Å²) < 4.78 is 10.7. The molecule has 4 heteroatoms. The summed E-state index contributed by atoms with van der Waals surface area (Å²) in [5.74, 6) is 1.25. The third-order valence-electron chi connectivity index (χ3n) is 2.98. The third-order valence-corrected chi connectivity index (χ3v) is 2.98. The van der Waals surface area contributed by atoms with E-state index < -0.39 is 6.10 Å². The van der Waals surface area contributed by atoms with Crippen molar-refractivity contribution in [3.05, 3.63) is 53.7 Å². The summed E-state index contributed by atoms with van der Waals surface area (Å²) in [7, 11) is 1.69. The number of aromatic nitrogens is 1. The van der Waals surface area contributed by atoms with Crippen LogP contribution in [0.2, 0.25) is 0 Å². The fourth-order valence-electron chi connectivity index (χ4n) is 1.76. The highest BCUT2D eigenvalue weighted by molar-refractivity contribution is 5.31. The number of pyridine rings is 1. The Bertz CT molecular complexity index is 520. The van der Waals surface area contributed by atoms with Crippen LogP contribution in [-0.4, -0.2) is 23.8 Å². The molecule has 2 aromatic rings. The predicted octanol–water partition coefficient (Wildman–Crippen LogP) is 3.12. The van der Waals surface area contributed by atoms with Crippen LogP contribution in [0.4, 0.5) is 0 Å². The number of hydrogen-bond donors (Lipinski definition) is 1. The van der Waals surface area contributed by atoms with Gasteiger partial charge in [-0.3, -0.25) is 0 Å². The van der Waals surface area contributed by atoms with E-state index in [4.69, 9.17) is 9.47 Å². The van der Waals surface area contributed by atoms with Crippen LogP contribution < -0.4 is 4.74 Å². The number of aliphatic hydroxyl groups excluding tert-OH is 1. The minimum absolute atomic E-state index is 0.513. The van der Waals surface area contributed by atoms with Crippen molar-refractivity contribution in [2.24, 2.45) is 0 Å². The maximum Gasteiger partial charge on any atom is 0.219 e. The molecular formula is C16H19NO3. The van der Waals surface area contributed by atoms with Crippen molar-refractivity contribution in [1.82, 2.24) is 4.98 Å². The van der Waals surface area contributed by atoms with Gasteiger partial charge in [-0.15, -0.1) is 0 Å². The smallest absolute Gasteiger partial charge is 0.219 e. The molecule has 0 radical (unpaired) electrons. The average molecular weight is 273 g/mol. The van der Waals surface area contributed by atoms with Crippen molar-refractivity contribution in [3.8, 4) is 11.6 Å². The molecule has 4 nitrogen and oxygen atoms in total. The first-order valence-corrected chi connectivity index (χ1v) is 6.59. The van der Waals surface area contributed by atoms with Gasteiger partial charge in [0.05, 0.1) is 12.7 Å². The monoisotopic (exact) mass is 273 g/mol. The number of rotatable bonds is 6. The van der Waals surface area contributed by atoms with Gasteiger partial charge >= 0.3 is 0 Å². The lowest BCUT2D eigenvalue weighted by Gasteiger charge is -2.08. The number of ether oxygens (including phenoxy) is 2. The van der Waals surface area contributed by atoms with Gasteiger partial charge in [-0.2, -0.15) is 0 Å². The normalized spacial score (nSPS) is 12.2. The molecule has 1 aromatic carbocycles. The molecule has 0 aliphatic carbocycles. The maximum absolute atomic E-state index is 9.41. The topological polar surface area (TPSA) is 51.6 Å². The Morgan fingerprint density at radius 2 is 1.90 bits per heavy atom. The van der Waals surface area contributed by atoms with Crippen LogP contribution in [-0.2, 0) is 11.2 Å². The molecule has 1 N–H and O–H groups in total. The van der Waals surface area contributed by atoms with Crippen molar-refractivity contribution < 1.29 is 14.6 Å². The molecule has 1 heterocycles. The summed E-state index contributed by atoms with van der Waals surface area (Å²) in [6, 6.07) is 11.4. The number of hydrogen-bond acceptors (Lipinski definition) is 4. The van der Waals surface area contributed by atoms with Gasteiger partial charge in [0.1, 0.15) is 5.75 Å². The fraction of sp³-hybridized carbons (Fsp3) is 0.312. The van der Waals surface area contributed by atoms with E-state index in [0.717, 1.165) is 17.7 Å². The summed E-state index contributed by atoms with van der Waals surface area (Å²) in [5, 5.41) is 9.41. The molecule has 20 heavy (non-hydrogen) atoms. The molecule has 2 rings (SSSR count). The first-order chi connectivity index (χ1) is 9.69. The van der Waals surface area contributed by atoms with Crippen LogP contribution in [0.25, 0.3) is 0 Å². The average Bonchev–Trinajstić information content (AvgIpc) is 2.47. The third kappa shape index (κ3) is 4.05. The Labute approximate surface area is 119 Å². The molecule has 1 atom stereocenters. The molecular weight excluding hydrogens is 254 g/mol. The Morgan fingerprint density at radius 1 is 1.15 bits per heavy atom. The molecule has 1 unspecified atom stereocenters. The summed E-state index contributed by atoms with van der Waals surface area (Å²) >= 11 is 0. The minimum atomic E-state index is -0.517. The second-order valence-electron chi connectivity index (χ2n) is 4.59. The molecule has 0 amide bonds. The van der Waals surface area contributed by atoms with Gasteiger partial charge in [-0.05, 0) is 42.7 Å². The van der Waals surface area contributed by atoms with Crippen LogP contribution in [0.1, 0.15) is 24.2 Å². The minimum Gasteiger partial charge on any atom is -0.439 e. The fourth-order valence-corrected chi connectivity index (χ4v) is 1.76. The van der Waals surface area contributed by atoms with Crippen molar-refractivity contribution in [2.75, 3.05) is 13.7 Å². The van der Waals surface area contributed by atoms with E-state index in [-0.39, 0.29) is 0 Å². The van der Waals surface area contributed by atoms with Crippen LogP contribution >= 0.6 is 0 Å². The predicted molar refractivity (Wildman–Crippen MR) is 77.0 cm³/mol. The lowest BCUT2D eigenvalue weighted by atomic mass is 10.1. The number of methoxy groups -OCH3 is 1. The standard InChI is InChI=1S/C16H19NO3/c1-12(18)14-5-8-16(17-11-14)20-15-6-3-13(4-7-15)9-10-19-2/h3-8,11-12,18H,9-10H2,1-2H3. The second-order valence-corrected chi connectivity index (χ2v) is 4.59. The SMILES string of the molecule is COCCc1ccc(Oc2ccc(C(C)O)cn2)cc1. The van der Waals surface area contributed by atoms with Gasteiger partial charge in [0.15, 0.2) is 0 Å². The number of benzene rings is 1. The Balaban J connectivity index is 1.98. The molecule has 0 aliphatic rings. The molecule has 0 bridgehead atoms. The van der Waals surface area contributed by atoms with Crippen molar-refractivity contribution >= 4 is 0 Å². The summed E-state index contributed by atoms with van der Waals surface area (Å²) in [4.78, 5) is 4.17. The van der Waals surface area contributed by atoms with Crippen molar-refractivity contribution in [1.29, 1.82) is 0 Å². The van der Waals surface area contributed by atoms with Gasteiger partial charge in [0.2, 0.25) is 5.88 Å². The van der Waals surface area contributed by atoms with E-state index in [0.29, 0.717) is 12.5 Å². The van der Waals surface area contributed by atoms with Crippen LogP contribution in [0, 0.1) is 0 Å². The quantitative estimate of drug-likeness (QED) is 0.878. The van der Waals surface area contributed by atoms with E-state index in [1.165, 1.54) is 5.56 Å². The van der Waals surface area contributed by atoms with Gasteiger partial charge in [0, 0.05) is 19.4 Å². The lowest BCUT2D eigenvalue weighted by molar-refractivity contribution is 0.198. The van der Waals surface area contributed by atoms with Crippen LogP contribution in [0.5, 0.6) is 11.6 Å². The maximum atomic E-state index is 9.41. The molecule has 0 saturated heterocycles. The summed E-state index contributed by atoms with van der Waals surface area (Å²) in [6.07, 6.45) is 1.99. The van der Waals surface area contributed by atoms with E-state index in [1.54, 1.807) is 32.4 Å². The first kappa shape index (κ1) is 14.5. The Kier molecular flexibility index (Phi) is 5.09. The largest absolute Gasteiger partial charge is 0.439 e. The van der Waals surface area contributed by atoms with Crippen LogP contribution in [0.3, 0.4) is 0 Å². The Hall–Kier alpha value is -1.91. The van der Waals surface area contributed by atoms with Crippen LogP contribution in [0.15, 0.2) is 42.6 Å². The van der Waals surface area contributed by atoms with E-state index in [9.17, 15) is 5.11 Å².